The second kappa shape index (κ2) is 7.75. The van der Waals surface area contributed by atoms with Crippen LogP contribution in [-0.2, 0) is 0 Å². The zero-order chi connectivity index (χ0) is 15.9. The van der Waals surface area contributed by atoms with Crippen molar-refractivity contribution in [2.45, 2.75) is 32.8 Å². The number of aliphatic hydroxyl groups excluding tert-OH is 1. The van der Waals surface area contributed by atoms with Crippen LogP contribution in [0.1, 0.15) is 37.0 Å². The van der Waals surface area contributed by atoms with E-state index in [1.807, 2.05) is 42.9 Å². The minimum atomic E-state index is -0.508. The fraction of sp³-hybridized carbons (Fsp3) is 0.412. The molecule has 0 aliphatic heterocycles. The van der Waals surface area contributed by atoms with E-state index in [2.05, 4.69) is 10.3 Å². The molecule has 0 saturated carbocycles. The summed E-state index contributed by atoms with van der Waals surface area (Å²) in [7, 11) is 0. The molecule has 0 aromatic carbocycles. The van der Waals surface area contributed by atoms with Gasteiger partial charge >= 0.3 is 0 Å². The van der Waals surface area contributed by atoms with Crippen LogP contribution in [0.25, 0.3) is 5.82 Å². The van der Waals surface area contributed by atoms with Crippen LogP contribution < -0.4 is 5.32 Å². The van der Waals surface area contributed by atoms with Crippen molar-refractivity contribution in [2.24, 2.45) is 5.92 Å². The molecule has 118 valence electrons. The fourth-order valence-electron chi connectivity index (χ4n) is 2.46. The lowest BCUT2D eigenvalue weighted by Gasteiger charge is -2.20. The Morgan fingerprint density at radius 3 is 2.50 bits per heavy atom. The number of hydrogen-bond donors (Lipinski definition) is 2. The molecule has 1 amide bonds. The molecule has 0 saturated heterocycles. The first-order valence-corrected chi connectivity index (χ1v) is 7.71. The SMILES string of the molecule is CCC(CC)C(O)CNC(=O)c1ccc(-n2cccc2)nc1. The largest absolute Gasteiger partial charge is 0.391 e. The van der Waals surface area contributed by atoms with Gasteiger partial charge in [-0.05, 0) is 30.2 Å². The Morgan fingerprint density at radius 2 is 1.95 bits per heavy atom. The van der Waals surface area contributed by atoms with Crippen molar-refractivity contribution in [3.05, 3.63) is 48.4 Å². The number of aliphatic hydroxyl groups is 1. The molecule has 0 spiro atoms. The van der Waals surface area contributed by atoms with Gasteiger partial charge in [-0.1, -0.05) is 26.7 Å². The molecule has 5 heteroatoms. The van der Waals surface area contributed by atoms with Gasteiger partial charge < -0.3 is 15.0 Å². The molecule has 2 N–H and O–H groups in total. The monoisotopic (exact) mass is 301 g/mol. The molecular formula is C17H23N3O2. The average molecular weight is 301 g/mol. The standard InChI is InChI=1S/C17H23N3O2/c1-3-13(4-2)15(21)12-19-17(22)14-7-8-16(18-11-14)20-9-5-6-10-20/h5-11,13,15,21H,3-4,12H2,1-2H3,(H,19,22). The summed E-state index contributed by atoms with van der Waals surface area (Å²) in [5.41, 5.74) is 0.493. The van der Waals surface area contributed by atoms with Crippen molar-refractivity contribution in [1.82, 2.24) is 14.9 Å². The zero-order valence-corrected chi connectivity index (χ0v) is 13.1. The Bertz CT molecular complexity index is 574. The van der Waals surface area contributed by atoms with Crippen LogP contribution in [0.3, 0.4) is 0 Å². The van der Waals surface area contributed by atoms with E-state index in [-0.39, 0.29) is 18.4 Å². The molecule has 5 nitrogen and oxygen atoms in total. The van der Waals surface area contributed by atoms with Crippen LogP contribution in [0.5, 0.6) is 0 Å². The molecule has 22 heavy (non-hydrogen) atoms. The van der Waals surface area contributed by atoms with Gasteiger partial charge in [-0.15, -0.1) is 0 Å². The molecule has 1 atom stereocenters. The summed E-state index contributed by atoms with van der Waals surface area (Å²) < 4.78 is 1.87. The molecule has 0 aliphatic carbocycles. The first kappa shape index (κ1) is 16.2. The van der Waals surface area contributed by atoms with E-state index < -0.39 is 6.10 Å². The molecule has 0 fully saturated rings. The number of hydrogen-bond acceptors (Lipinski definition) is 3. The summed E-state index contributed by atoms with van der Waals surface area (Å²) in [5, 5.41) is 12.8. The number of rotatable bonds is 7. The first-order valence-electron chi connectivity index (χ1n) is 7.71. The number of carbonyl (C=O) groups is 1. The zero-order valence-electron chi connectivity index (χ0n) is 13.1. The molecule has 0 radical (unpaired) electrons. The highest BCUT2D eigenvalue weighted by Gasteiger charge is 2.16. The third kappa shape index (κ3) is 3.95. The fourth-order valence-corrected chi connectivity index (χ4v) is 2.46. The van der Waals surface area contributed by atoms with E-state index >= 15 is 0 Å². The third-order valence-corrected chi connectivity index (χ3v) is 3.94. The molecule has 2 heterocycles. The molecule has 0 bridgehead atoms. The van der Waals surface area contributed by atoms with Gasteiger partial charge in [0, 0.05) is 25.1 Å². The average Bonchev–Trinajstić information content (AvgIpc) is 3.08. The van der Waals surface area contributed by atoms with Crippen molar-refractivity contribution >= 4 is 5.91 Å². The van der Waals surface area contributed by atoms with E-state index in [0.29, 0.717) is 5.56 Å². The summed E-state index contributed by atoms with van der Waals surface area (Å²) in [6, 6.07) is 7.37. The predicted octanol–water partition coefficient (Wildman–Crippen LogP) is 2.40. The van der Waals surface area contributed by atoms with Crippen LogP contribution in [0.15, 0.2) is 42.9 Å². The van der Waals surface area contributed by atoms with Crippen molar-refractivity contribution in [1.29, 1.82) is 0 Å². The minimum absolute atomic E-state index is 0.212. The lowest BCUT2D eigenvalue weighted by Crippen LogP contribution is -2.36. The number of aromatic nitrogens is 2. The van der Waals surface area contributed by atoms with Gasteiger partial charge in [0.15, 0.2) is 0 Å². The lowest BCUT2D eigenvalue weighted by atomic mass is 9.96. The number of nitrogens with zero attached hydrogens (tertiary/aromatic N) is 2. The van der Waals surface area contributed by atoms with Crippen molar-refractivity contribution in [2.75, 3.05) is 6.54 Å². The minimum Gasteiger partial charge on any atom is -0.391 e. The van der Waals surface area contributed by atoms with Gasteiger partial charge in [-0.25, -0.2) is 4.98 Å². The Hall–Kier alpha value is -2.14. The maximum Gasteiger partial charge on any atom is 0.252 e. The molecule has 2 aromatic heterocycles. The number of carbonyl (C=O) groups excluding carboxylic acids is 1. The van der Waals surface area contributed by atoms with E-state index in [0.717, 1.165) is 18.7 Å². The Balaban J connectivity index is 1.93. The smallest absolute Gasteiger partial charge is 0.252 e. The summed E-state index contributed by atoms with van der Waals surface area (Å²) in [6.45, 7) is 4.36. The maximum atomic E-state index is 12.1. The van der Waals surface area contributed by atoms with Crippen LogP contribution in [-0.4, -0.2) is 33.2 Å². The van der Waals surface area contributed by atoms with Gasteiger partial charge in [0.05, 0.1) is 11.7 Å². The molecule has 2 aromatic rings. The van der Waals surface area contributed by atoms with Gasteiger partial charge in [0.1, 0.15) is 5.82 Å². The molecule has 0 aliphatic rings. The third-order valence-electron chi connectivity index (χ3n) is 3.94. The van der Waals surface area contributed by atoms with Crippen molar-refractivity contribution in [3.63, 3.8) is 0 Å². The van der Waals surface area contributed by atoms with Gasteiger partial charge in [0.25, 0.3) is 5.91 Å². The number of amides is 1. The van der Waals surface area contributed by atoms with Crippen LogP contribution >= 0.6 is 0 Å². The highest BCUT2D eigenvalue weighted by atomic mass is 16.3. The summed E-state index contributed by atoms with van der Waals surface area (Å²) in [5.74, 6) is 0.768. The lowest BCUT2D eigenvalue weighted by molar-refractivity contribution is 0.0816. The van der Waals surface area contributed by atoms with E-state index in [4.69, 9.17) is 0 Å². The predicted molar refractivity (Wildman–Crippen MR) is 86.0 cm³/mol. The second-order valence-electron chi connectivity index (χ2n) is 5.35. The Morgan fingerprint density at radius 1 is 1.27 bits per heavy atom. The van der Waals surface area contributed by atoms with Gasteiger partial charge in [-0.3, -0.25) is 4.79 Å². The van der Waals surface area contributed by atoms with Crippen LogP contribution in [0, 0.1) is 5.92 Å². The van der Waals surface area contributed by atoms with Gasteiger partial charge in [-0.2, -0.15) is 0 Å². The normalized spacial score (nSPS) is 12.4. The van der Waals surface area contributed by atoms with E-state index in [1.165, 1.54) is 0 Å². The van der Waals surface area contributed by atoms with Crippen molar-refractivity contribution < 1.29 is 9.90 Å². The maximum absolute atomic E-state index is 12.1. The topological polar surface area (TPSA) is 67.2 Å². The quantitative estimate of drug-likeness (QED) is 0.825. The number of nitrogens with one attached hydrogen (secondary N) is 1. The number of pyridine rings is 1. The highest BCUT2D eigenvalue weighted by molar-refractivity contribution is 5.93. The Labute approximate surface area is 131 Å². The van der Waals surface area contributed by atoms with Gasteiger partial charge in [0.2, 0.25) is 0 Å². The molecular weight excluding hydrogens is 278 g/mol. The van der Waals surface area contributed by atoms with E-state index in [9.17, 15) is 9.90 Å². The van der Waals surface area contributed by atoms with Crippen LogP contribution in [0.4, 0.5) is 0 Å². The summed E-state index contributed by atoms with van der Waals surface area (Å²) in [6.07, 6.45) is 6.64. The summed E-state index contributed by atoms with van der Waals surface area (Å²) in [4.78, 5) is 16.4. The Kier molecular flexibility index (Phi) is 5.72. The summed E-state index contributed by atoms with van der Waals surface area (Å²) >= 11 is 0. The molecule has 1 unspecified atom stereocenters. The first-order chi connectivity index (χ1) is 10.7. The second-order valence-corrected chi connectivity index (χ2v) is 5.35. The highest BCUT2D eigenvalue weighted by Crippen LogP contribution is 2.12. The molecule has 2 rings (SSSR count). The van der Waals surface area contributed by atoms with Crippen LogP contribution in [0.2, 0.25) is 0 Å². The van der Waals surface area contributed by atoms with Crippen molar-refractivity contribution in [3.8, 4) is 5.82 Å². The van der Waals surface area contributed by atoms with E-state index in [1.54, 1.807) is 18.3 Å².